The van der Waals surface area contributed by atoms with E-state index in [1.165, 1.54) is 0 Å². The minimum atomic E-state index is -1.48. The lowest BCUT2D eigenvalue weighted by Crippen LogP contribution is -2.13. The molecule has 0 atom stereocenters. The topological polar surface area (TPSA) is 93.1 Å². The Kier molecular flexibility index (Phi) is 5.65. The first kappa shape index (κ1) is 19.0. The molecule has 138 valence electrons. The van der Waals surface area contributed by atoms with Crippen LogP contribution in [0.2, 0.25) is 0 Å². The van der Waals surface area contributed by atoms with Crippen molar-refractivity contribution in [3.63, 3.8) is 0 Å². The van der Waals surface area contributed by atoms with Crippen LogP contribution in [0.1, 0.15) is 0 Å². The molecule has 0 bridgehead atoms. The van der Waals surface area contributed by atoms with Gasteiger partial charge in [0.1, 0.15) is 11.6 Å². The van der Waals surface area contributed by atoms with E-state index in [4.69, 9.17) is 19.7 Å². The SMILES string of the molecule is O=C(O)COc1c(F)cc(F)cc1-c1cc(F)cc(F)c1OCC(=O)O. The number of hydrogen-bond donors (Lipinski definition) is 2. The summed E-state index contributed by atoms with van der Waals surface area (Å²) in [6, 6.07) is 2.05. The number of benzene rings is 2. The molecular formula is C16H10F4O6. The summed E-state index contributed by atoms with van der Waals surface area (Å²) in [5.74, 6) is -9.48. The summed E-state index contributed by atoms with van der Waals surface area (Å²) in [4.78, 5) is 21.2. The zero-order chi connectivity index (χ0) is 19.4. The molecular weight excluding hydrogens is 364 g/mol. The van der Waals surface area contributed by atoms with E-state index in [0.29, 0.717) is 24.3 Å². The fourth-order valence-corrected chi connectivity index (χ4v) is 2.08. The van der Waals surface area contributed by atoms with Gasteiger partial charge in [-0.05, 0) is 12.1 Å². The molecule has 2 N–H and O–H groups in total. The highest BCUT2D eigenvalue weighted by Crippen LogP contribution is 2.40. The van der Waals surface area contributed by atoms with Crippen molar-refractivity contribution in [3.8, 4) is 22.6 Å². The van der Waals surface area contributed by atoms with E-state index in [1.54, 1.807) is 0 Å². The van der Waals surface area contributed by atoms with Crippen LogP contribution in [0.3, 0.4) is 0 Å². The van der Waals surface area contributed by atoms with Crippen molar-refractivity contribution in [1.29, 1.82) is 0 Å². The second-order valence-electron chi connectivity index (χ2n) is 4.89. The van der Waals surface area contributed by atoms with E-state index in [1.807, 2.05) is 0 Å². The van der Waals surface area contributed by atoms with E-state index in [0.717, 1.165) is 0 Å². The number of halogens is 4. The normalized spacial score (nSPS) is 10.5. The Morgan fingerprint density at radius 2 is 1.08 bits per heavy atom. The summed E-state index contributed by atoms with van der Waals surface area (Å²) in [6.45, 7) is -2.03. The third-order valence-corrected chi connectivity index (χ3v) is 2.99. The van der Waals surface area contributed by atoms with E-state index in [2.05, 4.69) is 0 Å². The standard InChI is InChI=1S/C16H10F4O6/c17-7-1-9(15(11(19)3-7)25-5-13(21)22)10-2-8(18)4-12(20)16(10)26-6-14(23)24/h1-4H,5-6H2,(H,21,22)(H,23,24). The van der Waals surface area contributed by atoms with Gasteiger partial charge in [-0.25, -0.2) is 27.2 Å². The molecule has 2 aromatic carbocycles. The van der Waals surface area contributed by atoms with Crippen LogP contribution in [-0.4, -0.2) is 35.4 Å². The molecule has 26 heavy (non-hydrogen) atoms. The zero-order valence-electron chi connectivity index (χ0n) is 12.8. The largest absolute Gasteiger partial charge is 0.479 e. The van der Waals surface area contributed by atoms with Crippen LogP contribution in [0.25, 0.3) is 11.1 Å². The van der Waals surface area contributed by atoms with E-state index in [9.17, 15) is 27.2 Å². The summed E-state index contributed by atoms with van der Waals surface area (Å²) < 4.78 is 64.7. The van der Waals surface area contributed by atoms with Crippen LogP contribution in [-0.2, 0) is 9.59 Å². The molecule has 2 rings (SSSR count). The maximum atomic E-state index is 14.0. The van der Waals surface area contributed by atoms with Crippen molar-refractivity contribution in [2.45, 2.75) is 0 Å². The van der Waals surface area contributed by atoms with Gasteiger partial charge in [-0.1, -0.05) is 0 Å². The molecule has 0 aromatic heterocycles. The Hall–Kier alpha value is -3.30. The minimum Gasteiger partial charge on any atom is -0.479 e. The van der Waals surface area contributed by atoms with Crippen LogP contribution in [0.4, 0.5) is 17.6 Å². The van der Waals surface area contributed by atoms with Gasteiger partial charge in [0.05, 0.1) is 0 Å². The number of hydrogen-bond acceptors (Lipinski definition) is 4. The first-order valence-corrected chi connectivity index (χ1v) is 6.86. The zero-order valence-corrected chi connectivity index (χ0v) is 12.8. The van der Waals surface area contributed by atoms with Crippen LogP contribution in [0.15, 0.2) is 24.3 Å². The van der Waals surface area contributed by atoms with E-state index < -0.39 is 71.0 Å². The molecule has 0 aliphatic rings. The number of rotatable bonds is 7. The second-order valence-corrected chi connectivity index (χ2v) is 4.89. The predicted molar refractivity (Wildman–Crippen MR) is 78.0 cm³/mol. The van der Waals surface area contributed by atoms with Gasteiger partial charge in [-0.3, -0.25) is 0 Å². The van der Waals surface area contributed by atoms with Crippen LogP contribution >= 0.6 is 0 Å². The Bertz CT molecular complexity index is 797. The highest BCUT2D eigenvalue weighted by molar-refractivity contribution is 5.78. The number of aliphatic carboxylic acids is 2. The van der Waals surface area contributed by atoms with Crippen LogP contribution in [0.5, 0.6) is 11.5 Å². The van der Waals surface area contributed by atoms with Crippen LogP contribution < -0.4 is 9.47 Å². The lowest BCUT2D eigenvalue weighted by molar-refractivity contribution is -0.140. The summed E-state index contributed by atoms with van der Waals surface area (Å²) in [5.41, 5.74) is -1.11. The fraction of sp³-hybridized carbons (Fsp3) is 0.125. The number of carbonyl (C=O) groups is 2. The van der Waals surface area contributed by atoms with Crippen LogP contribution in [0, 0.1) is 23.3 Å². The summed E-state index contributed by atoms with van der Waals surface area (Å²) in [6.07, 6.45) is 0. The first-order valence-electron chi connectivity index (χ1n) is 6.86. The quantitative estimate of drug-likeness (QED) is 0.724. The summed E-state index contributed by atoms with van der Waals surface area (Å²) in [7, 11) is 0. The van der Waals surface area contributed by atoms with Gasteiger partial charge in [-0.2, -0.15) is 0 Å². The van der Waals surface area contributed by atoms with Gasteiger partial charge in [0.15, 0.2) is 36.3 Å². The lowest BCUT2D eigenvalue weighted by Gasteiger charge is -2.16. The van der Waals surface area contributed by atoms with E-state index >= 15 is 0 Å². The van der Waals surface area contributed by atoms with E-state index in [-0.39, 0.29) is 0 Å². The first-order chi connectivity index (χ1) is 12.2. The Morgan fingerprint density at radius 1 is 0.731 bits per heavy atom. The lowest BCUT2D eigenvalue weighted by atomic mass is 10.0. The summed E-state index contributed by atoms with van der Waals surface area (Å²) >= 11 is 0. The fourth-order valence-electron chi connectivity index (χ4n) is 2.08. The third kappa shape index (κ3) is 4.41. The number of carboxylic acid groups (broad SMARTS) is 2. The maximum absolute atomic E-state index is 14.0. The molecule has 0 aliphatic carbocycles. The van der Waals surface area contributed by atoms with Crippen molar-refractivity contribution in [2.75, 3.05) is 13.2 Å². The van der Waals surface area contributed by atoms with Crippen molar-refractivity contribution in [3.05, 3.63) is 47.5 Å². The van der Waals surface area contributed by atoms with Gasteiger partial charge >= 0.3 is 11.9 Å². The monoisotopic (exact) mass is 374 g/mol. The number of carboxylic acids is 2. The average molecular weight is 374 g/mol. The number of ether oxygens (including phenoxy) is 2. The van der Waals surface area contributed by atoms with Crippen molar-refractivity contribution in [1.82, 2.24) is 0 Å². The van der Waals surface area contributed by atoms with Gasteiger partial charge in [0.2, 0.25) is 0 Å². The van der Waals surface area contributed by atoms with Gasteiger partial charge in [0.25, 0.3) is 0 Å². The Morgan fingerprint density at radius 3 is 1.38 bits per heavy atom. The maximum Gasteiger partial charge on any atom is 0.341 e. The van der Waals surface area contributed by atoms with Gasteiger partial charge in [0, 0.05) is 23.3 Å². The molecule has 0 fully saturated rings. The second kappa shape index (κ2) is 7.72. The predicted octanol–water partition coefficient (Wildman–Crippen LogP) is 2.84. The molecule has 6 nitrogen and oxygen atoms in total. The van der Waals surface area contributed by atoms with Crippen molar-refractivity contribution >= 4 is 11.9 Å². The highest BCUT2D eigenvalue weighted by Gasteiger charge is 2.22. The molecule has 10 heteroatoms. The molecule has 0 saturated heterocycles. The molecule has 0 unspecified atom stereocenters. The highest BCUT2D eigenvalue weighted by atomic mass is 19.1. The Balaban J connectivity index is 2.66. The minimum absolute atomic E-state index is 0.383. The molecule has 0 aliphatic heterocycles. The molecule has 0 amide bonds. The smallest absolute Gasteiger partial charge is 0.341 e. The average Bonchev–Trinajstić information content (AvgIpc) is 2.51. The third-order valence-electron chi connectivity index (χ3n) is 2.99. The molecule has 2 aromatic rings. The van der Waals surface area contributed by atoms with Gasteiger partial charge in [-0.15, -0.1) is 0 Å². The summed E-state index contributed by atoms with van der Waals surface area (Å²) in [5, 5.41) is 17.3. The molecule has 0 saturated carbocycles. The van der Waals surface area contributed by atoms with Crippen molar-refractivity contribution in [2.24, 2.45) is 0 Å². The van der Waals surface area contributed by atoms with Crippen molar-refractivity contribution < 1.29 is 46.8 Å². The molecule has 0 heterocycles. The molecule has 0 radical (unpaired) electrons. The van der Waals surface area contributed by atoms with Gasteiger partial charge < -0.3 is 19.7 Å². The Labute approximate surface area is 143 Å². The molecule has 0 spiro atoms.